The summed E-state index contributed by atoms with van der Waals surface area (Å²) in [6, 6.07) is 3.97. The SMILES string of the molecule is COC(=O)CC1CCN(Cc2ccc(Nc3ncc4c(C)c(C(C)=O)c(=O)n(C5CCCC5)c4n3)nc2)CC1. The lowest BCUT2D eigenvalue weighted by Gasteiger charge is -2.31. The van der Waals surface area contributed by atoms with Gasteiger partial charge in [-0.1, -0.05) is 18.9 Å². The molecule has 2 fully saturated rings. The van der Waals surface area contributed by atoms with Gasteiger partial charge in [0, 0.05) is 36.8 Å². The van der Waals surface area contributed by atoms with Crippen LogP contribution in [-0.4, -0.2) is 56.4 Å². The first-order valence-corrected chi connectivity index (χ1v) is 13.8. The highest BCUT2D eigenvalue weighted by Gasteiger charge is 2.26. The molecular weight excluding hydrogens is 496 g/mol. The quantitative estimate of drug-likeness (QED) is 0.334. The predicted octanol–water partition coefficient (Wildman–Crippen LogP) is 4.33. The van der Waals surface area contributed by atoms with Crippen LogP contribution < -0.4 is 10.9 Å². The summed E-state index contributed by atoms with van der Waals surface area (Å²) in [7, 11) is 1.44. The lowest BCUT2D eigenvalue weighted by Crippen LogP contribution is -2.34. The second kappa shape index (κ2) is 11.6. The number of nitrogens with zero attached hydrogens (tertiary/aromatic N) is 5. The number of ketones is 1. The molecule has 206 valence electrons. The van der Waals surface area contributed by atoms with E-state index in [-0.39, 0.29) is 28.9 Å². The van der Waals surface area contributed by atoms with Crippen LogP contribution in [0.5, 0.6) is 0 Å². The molecule has 10 nitrogen and oxygen atoms in total. The maximum Gasteiger partial charge on any atom is 0.305 e. The first-order chi connectivity index (χ1) is 18.8. The first kappa shape index (κ1) is 26.9. The minimum atomic E-state index is -0.263. The number of piperidine rings is 1. The van der Waals surface area contributed by atoms with Crippen molar-refractivity contribution in [2.24, 2.45) is 5.92 Å². The van der Waals surface area contributed by atoms with E-state index in [1.54, 1.807) is 17.7 Å². The Morgan fingerprint density at radius 2 is 1.82 bits per heavy atom. The number of anilines is 2. The Morgan fingerprint density at radius 3 is 2.46 bits per heavy atom. The molecule has 0 spiro atoms. The van der Waals surface area contributed by atoms with Crippen molar-refractivity contribution in [1.82, 2.24) is 24.4 Å². The van der Waals surface area contributed by atoms with Gasteiger partial charge in [-0.05, 0) is 75.7 Å². The molecule has 10 heteroatoms. The standard InChI is InChI=1S/C29H36N6O4/c1-18-23-16-31-29(33-27(23)35(22-6-4-5-7-22)28(38)26(18)19(2)36)32-24-9-8-21(15-30-24)17-34-12-10-20(11-13-34)14-25(37)39-3/h8-9,15-16,20,22H,4-7,10-14,17H2,1-3H3,(H,30,31,32,33). The lowest BCUT2D eigenvalue weighted by molar-refractivity contribution is -0.142. The van der Waals surface area contributed by atoms with E-state index >= 15 is 0 Å². The Hall–Kier alpha value is -3.66. The van der Waals surface area contributed by atoms with Crippen LogP contribution >= 0.6 is 0 Å². The van der Waals surface area contributed by atoms with Gasteiger partial charge in [-0.25, -0.2) is 9.97 Å². The Morgan fingerprint density at radius 1 is 1.08 bits per heavy atom. The highest BCUT2D eigenvalue weighted by Crippen LogP contribution is 2.32. The normalized spacial score (nSPS) is 17.0. The van der Waals surface area contributed by atoms with Crippen LogP contribution in [0.2, 0.25) is 0 Å². The van der Waals surface area contributed by atoms with Crippen LogP contribution in [0.1, 0.15) is 79.4 Å². The lowest BCUT2D eigenvalue weighted by atomic mass is 9.93. The molecule has 1 aliphatic heterocycles. The third-order valence-corrected chi connectivity index (χ3v) is 8.11. The maximum atomic E-state index is 13.4. The molecule has 0 atom stereocenters. The Kier molecular flexibility index (Phi) is 8.02. The van der Waals surface area contributed by atoms with E-state index in [0.717, 1.165) is 69.1 Å². The van der Waals surface area contributed by atoms with Crippen LogP contribution in [0, 0.1) is 12.8 Å². The summed E-state index contributed by atoms with van der Waals surface area (Å²) in [5.41, 5.74) is 2.25. The third-order valence-electron chi connectivity index (χ3n) is 8.11. The number of Topliss-reactive ketones (excluding diaryl/α,β-unsaturated/α-hetero) is 1. The van der Waals surface area contributed by atoms with Crippen LogP contribution in [0.4, 0.5) is 11.8 Å². The van der Waals surface area contributed by atoms with Crippen molar-refractivity contribution in [3.63, 3.8) is 0 Å². The van der Waals surface area contributed by atoms with Crippen molar-refractivity contribution in [2.45, 2.75) is 71.4 Å². The minimum absolute atomic E-state index is 0.0318. The summed E-state index contributed by atoms with van der Waals surface area (Å²) in [6.45, 7) is 5.92. The Labute approximate surface area is 227 Å². The molecule has 1 saturated heterocycles. The van der Waals surface area contributed by atoms with Crippen molar-refractivity contribution in [3.8, 4) is 0 Å². The molecule has 3 aromatic heterocycles. The molecule has 1 saturated carbocycles. The number of carbonyl (C=O) groups excluding carboxylic acids is 2. The number of fused-ring (bicyclic) bond motifs is 1. The second-order valence-electron chi connectivity index (χ2n) is 10.8. The molecule has 3 aromatic rings. The zero-order chi connectivity index (χ0) is 27.5. The summed E-state index contributed by atoms with van der Waals surface area (Å²) in [5, 5.41) is 3.90. The van der Waals surface area contributed by atoms with Crippen molar-refractivity contribution in [2.75, 3.05) is 25.5 Å². The number of esters is 1. The second-order valence-corrected chi connectivity index (χ2v) is 10.8. The van der Waals surface area contributed by atoms with Gasteiger partial charge in [-0.3, -0.25) is 23.9 Å². The fourth-order valence-electron chi connectivity index (χ4n) is 5.94. The fourth-order valence-corrected chi connectivity index (χ4v) is 5.94. The van der Waals surface area contributed by atoms with Crippen molar-refractivity contribution < 1.29 is 14.3 Å². The maximum absolute atomic E-state index is 13.4. The van der Waals surface area contributed by atoms with E-state index < -0.39 is 0 Å². The molecule has 5 rings (SSSR count). The smallest absolute Gasteiger partial charge is 0.305 e. The van der Waals surface area contributed by atoms with Gasteiger partial charge in [0.25, 0.3) is 5.56 Å². The van der Waals surface area contributed by atoms with Gasteiger partial charge in [0.15, 0.2) is 5.78 Å². The van der Waals surface area contributed by atoms with Gasteiger partial charge in [0.05, 0.1) is 12.7 Å². The highest BCUT2D eigenvalue weighted by atomic mass is 16.5. The number of aromatic nitrogens is 4. The molecule has 0 amide bonds. The molecular formula is C29H36N6O4. The number of pyridine rings is 2. The number of nitrogens with one attached hydrogen (secondary N) is 1. The van der Waals surface area contributed by atoms with E-state index in [0.29, 0.717) is 35.3 Å². The average Bonchev–Trinajstić information content (AvgIpc) is 3.45. The van der Waals surface area contributed by atoms with E-state index in [1.165, 1.54) is 14.0 Å². The van der Waals surface area contributed by atoms with E-state index in [4.69, 9.17) is 9.72 Å². The summed E-state index contributed by atoms with van der Waals surface area (Å²) in [4.78, 5) is 53.4. The van der Waals surface area contributed by atoms with Gasteiger partial charge in [-0.2, -0.15) is 4.98 Å². The molecule has 4 heterocycles. The number of hydrogen-bond donors (Lipinski definition) is 1. The van der Waals surface area contributed by atoms with Gasteiger partial charge in [0.1, 0.15) is 11.5 Å². The van der Waals surface area contributed by atoms with Gasteiger partial charge in [0.2, 0.25) is 5.95 Å². The molecule has 1 aliphatic carbocycles. The van der Waals surface area contributed by atoms with Gasteiger partial charge in [-0.15, -0.1) is 0 Å². The predicted molar refractivity (Wildman–Crippen MR) is 148 cm³/mol. The molecule has 0 unspecified atom stereocenters. The molecule has 0 bridgehead atoms. The number of likely N-dealkylation sites (tertiary alicyclic amines) is 1. The summed E-state index contributed by atoms with van der Waals surface area (Å²) in [6.07, 6.45) is 9.91. The molecule has 0 aromatic carbocycles. The average molecular weight is 533 g/mol. The van der Waals surface area contributed by atoms with Gasteiger partial charge >= 0.3 is 5.97 Å². The van der Waals surface area contributed by atoms with E-state index in [9.17, 15) is 14.4 Å². The third kappa shape index (κ3) is 5.85. The van der Waals surface area contributed by atoms with Crippen molar-refractivity contribution >= 4 is 34.6 Å². The largest absolute Gasteiger partial charge is 0.469 e. The van der Waals surface area contributed by atoms with Crippen molar-refractivity contribution in [1.29, 1.82) is 0 Å². The summed E-state index contributed by atoms with van der Waals surface area (Å²) in [5.74, 6) is 0.999. The number of ether oxygens (including phenoxy) is 1. The molecule has 2 aliphatic rings. The van der Waals surface area contributed by atoms with Crippen molar-refractivity contribution in [3.05, 3.63) is 51.6 Å². The number of carbonyl (C=O) groups is 2. The molecule has 1 N–H and O–H groups in total. The molecule has 39 heavy (non-hydrogen) atoms. The Balaban J connectivity index is 1.31. The first-order valence-electron chi connectivity index (χ1n) is 13.8. The zero-order valence-corrected chi connectivity index (χ0v) is 22.9. The summed E-state index contributed by atoms with van der Waals surface area (Å²) < 4.78 is 6.51. The minimum Gasteiger partial charge on any atom is -0.469 e. The van der Waals surface area contributed by atoms with E-state index in [1.807, 2.05) is 18.3 Å². The van der Waals surface area contributed by atoms with Crippen LogP contribution in [0.15, 0.2) is 29.3 Å². The highest BCUT2D eigenvalue weighted by molar-refractivity contribution is 5.99. The van der Waals surface area contributed by atoms with Gasteiger partial charge < -0.3 is 10.1 Å². The number of aryl methyl sites for hydroxylation is 1. The van der Waals surface area contributed by atoms with E-state index in [2.05, 4.69) is 20.2 Å². The number of rotatable bonds is 8. The number of methoxy groups -OCH3 is 1. The summed E-state index contributed by atoms with van der Waals surface area (Å²) >= 11 is 0. The van der Waals surface area contributed by atoms with Crippen LogP contribution in [0.25, 0.3) is 11.0 Å². The van der Waals surface area contributed by atoms with Crippen LogP contribution in [-0.2, 0) is 16.1 Å². The fraction of sp³-hybridized carbons (Fsp3) is 0.517. The monoisotopic (exact) mass is 532 g/mol. The number of hydrogen-bond acceptors (Lipinski definition) is 9. The van der Waals surface area contributed by atoms with Crippen LogP contribution in [0.3, 0.4) is 0 Å². The molecule has 0 radical (unpaired) electrons. The zero-order valence-electron chi connectivity index (χ0n) is 22.9. The Bertz CT molecular complexity index is 1420. The topological polar surface area (TPSA) is 119 Å².